The Morgan fingerprint density at radius 1 is 1.32 bits per heavy atom. The van der Waals surface area contributed by atoms with Crippen LogP contribution in [0.25, 0.3) is 0 Å². The number of para-hydroxylation sites is 2. The first-order chi connectivity index (χ1) is 10.6. The van der Waals surface area contributed by atoms with E-state index in [1.807, 2.05) is 13.0 Å². The van der Waals surface area contributed by atoms with Gasteiger partial charge in [-0.25, -0.2) is 0 Å². The molecule has 0 radical (unpaired) electrons. The van der Waals surface area contributed by atoms with Gasteiger partial charge in [0.15, 0.2) is 0 Å². The standard InChI is InChI=1S/C16H23N3O3/c1-3-22-14-7-5-4-6-13(14)19-16(21)15(20)18-12-8-9-17-11(2)10-12/h4-7,11-12,17H,3,8-10H2,1-2H3,(H,18,20)(H,19,21). The number of benzene rings is 1. The number of hydrogen-bond acceptors (Lipinski definition) is 4. The van der Waals surface area contributed by atoms with E-state index >= 15 is 0 Å². The molecule has 6 heteroatoms. The molecule has 22 heavy (non-hydrogen) atoms. The highest BCUT2D eigenvalue weighted by atomic mass is 16.5. The third-order valence-corrected chi connectivity index (χ3v) is 3.60. The number of anilines is 1. The summed E-state index contributed by atoms with van der Waals surface area (Å²) in [5, 5.41) is 8.70. The molecule has 1 saturated heterocycles. The second-order valence-electron chi connectivity index (χ2n) is 5.43. The van der Waals surface area contributed by atoms with E-state index in [0.717, 1.165) is 19.4 Å². The molecule has 0 saturated carbocycles. The van der Waals surface area contributed by atoms with Gasteiger partial charge in [0.1, 0.15) is 5.75 Å². The van der Waals surface area contributed by atoms with E-state index in [1.165, 1.54) is 0 Å². The minimum atomic E-state index is -0.668. The molecule has 0 aromatic heterocycles. The number of rotatable bonds is 4. The number of carbonyl (C=O) groups excluding carboxylic acids is 2. The monoisotopic (exact) mass is 305 g/mol. The van der Waals surface area contributed by atoms with Crippen molar-refractivity contribution >= 4 is 17.5 Å². The number of ether oxygens (including phenoxy) is 1. The average molecular weight is 305 g/mol. The molecular weight excluding hydrogens is 282 g/mol. The molecule has 1 heterocycles. The Labute approximate surface area is 130 Å². The molecule has 1 aliphatic heterocycles. The van der Waals surface area contributed by atoms with Crippen molar-refractivity contribution in [1.29, 1.82) is 0 Å². The van der Waals surface area contributed by atoms with Crippen molar-refractivity contribution in [2.45, 2.75) is 38.8 Å². The van der Waals surface area contributed by atoms with E-state index in [4.69, 9.17) is 4.74 Å². The Morgan fingerprint density at radius 2 is 2.09 bits per heavy atom. The van der Waals surface area contributed by atoms with E-state index in [9.17, 15) is 9.59 Å². The van der Waals surface area contributed by atoms with Crippen molar-refractivity contribution in [3.05, 3.63) is 24.3 Å². The van der Waals surface area contributed by atoms with Gasteiger partial charge in [0.05, 0.1) is 12.3 Å². The first-order valence-electron chi connectivity index (χ1n) is 7.67. The quantitative estimate of drug-likeness (QED) is 0.732. The average Bonchev–Trinajstić information content (AvgIpc) is 2.49. The fourth-order valence-corrected chi connectivity index (χ4v) is 2.54. The molecule has 1 aliphatic rings. The van der Waals surface area contributed by atoms with Crippen molar-refractivity contribution in [1.82, 2.24) is 10.6 Å². The fraction of sp³-hybridized carbons (Fsp3) is 0.500. The molecule has 0 spiro atoms. The van der Waals surface area contributed by atoms with Gasteiger partial charge in [-0.1, -0.05) is 12.1 Å². The van der Waals surface area contributed by atoms with Gasteiger partial charge in [0.2, 0.25) is 0 Å². The van der Waals surface area contributed by atoms with Crippen molar-refractivity contribution in [3.63, 3.8) is 0 Å². The van der Waals surface area contributed by atoms with Crippen LogP contribution in [0.1, 0.15) is 26.7 Å². The van der Waals surface area contributed by atoms with Crippen molar-refractivity contribution in [2.24, 2.45) is 0 Å². The molecule has 1 fully saturated rings. The third-order valence-electron chi connectivity index (χ3n) is 3.60. The Bertz CT molecular complexity index is 533. The first-order valence-corrected chi connectivity index (χ1v) is 7.67. The summed E-state index contributed by atoms with van der Waals surface area (Å²) in [4.78, 5) is 24.0. The maximum Gasteiger partial charge on any atom is 0.313 e. The van der Waals surface area contributed by atoms with E-state index < -0.39 is 11.8 Å². The van der Waals surface area contributed by atoms with Gasteiger partial charge in [-0.15, -0.1) is 0 Å². The Morgan fingerprint density at radius 3 is 2.82 bits per heavy atom. The molecule has 6 nitrogen and oxygen atoms in total. The smallest absolute Gasteiger partial charge is 0.313 e. The highest BCUT2D eigenvalue weighted by Gasteiger charge is 2.23. The van der Waals surface area contributed by atoms with Crippen LogP contribution >= 0.6 is 0 Å². The summed E-state index contributed by atoms with van der Waals surface area (Å²) < 4.78 is 5.43. The van der Waals surface area contributed by atoms with Crippen LogP contribution in [0.5, 0.6) is 5.75 Å². The van der Waals surface area contributed by atoms with Gasteiger partial charge >= 0.3 is 11.8 Å². The van der Waals surface area contributed by atoms with E-state index in [1.54, 1.807) is 18.2 Å². The number of piperidine rings is 1. The van der Waals surface area contributed by atoms with Gasteiger partial charge in [-0.05, 0) is 45.4 Å². The fourth-order valence-electron chi connectivity index (χ4n) is 2.54. The van der Waals surface area contributed by atoms with Crippen molar-refractivity contribution < 1.29 is 14.3 Å². The lowest BCUT2D eigenvalue weighted by molar-refractivity contribution is -0.136. The molecule has 2 rings (SSSR count). The van der Waals surface area contributed by atoms with Crippen LogP contribution in [-0.4, -0.2) is 37.0 Å². The lowest BCUT2D eigenvalue weighted by atomic mass is 10.0. The molecule has 0 aliphatic carbocycles. The predicted octanol–water partition coefficient (Wildman–Crippen LogP) is 1.28. The summed E-state index contributed by atoms with van der Waals surface area (Å²) in [5.41, 5.74) is 0.503. The van der Waals surface area contributed by atoms with E-state index in [-0.39, 0.29) is 6.04 Å². The summed E-state index contributed by atoms with van der Waals surface area (Å²) in [6.45, 7) is 5.27. The minimum Gasteiger partial charge on any atom is -0.492 e. The van der Waals surface area contributed by atoms with E-state index in [2.05, 4.69) is 22.9 Å². The van der Waals surface area contributed by atoms with Gasteiger partial charge < -0.3 is 20.7 Å². The lowest BCUT2D eigenvalue weighted by Crippen LogP contribution is -2.49. The summed E-state index contributed by atoms with van der Waals surface area (Å²) in [6.07, 6.45) is 1.66. The van der Waals surface area contributed by atoms with Gasteiger partial charge in [-0.3, -0.25) is 9.59 Å². The van der Waals surface area contributed by atoms with E-state index in [0.29, 0.717) is 24.1 Å². The van der Waals surface area contributed by atoms with Crippen LogP contribution in [0.4, 0.5) is 5.69 Å². The number of nitrogens with one attached hydrogen (secondary N) is 3. The molecule has 2 atom stereocenters. The maximum atomic E-state index is 12.0. The molecular formula is C16H23N3O3. The molecule has 0 bridgehead atoms. The topological polar surface area (TPSA) is 79.5 Å². The molecule has 1 aromatic rings. The molecule has 3 N–H and O–H groups in total. The van der Waals surface area contributed by atoms with Gasteiger partial charge in [0.25, 0.3) is 0 Å². The highest BCUT2D eigenvalue weighted by molar-refractivity contribution is 6.39. The zero-order chi connectivity index (χ0) is 15.9. The molecule has 120 valence electrons. The number of amides is 2. The number of carbonyl (C=O) groups is 2. The molecule has 1 aromatic carbocycles. The van der Waals surface area contributed by atoms with Crippen LogP contribution in [0.3, 0.4) is 0 Å². The number of hydrogen-bond donors (Lipinski definition) is 3. The van der Waals surface area contributed by atoms with Gasteiger partial charge in [-0.2, -0.15) is 0 Å². The maximum absolute atomic E-state index is 12.0. The van der Waals surface area contributed by atoms with Crippen molar-refractivity contribution in [2.75, 3.05) is 18.5 Å². The summed E-state index contributed by atoms with van der Waals surface area (Å²) in [7, 11) is 0. The summed E-state index contributed by atoms with van der Waals surface area (Å²) in [5.74, 6) is -0.717. The SMILES string of the molecule is CCOc1ccccc1NC(=O)C(=O)NC1CCNC(C)C1. The van der Waals surface area contributed by atoms with Crippen LogP contribution in [0.2, 0.25) is 0 Å². The summed E-state index contributed by atoms with van der Waals surface area (Å²) >= 11 is 0. The Kier molecular flexibility index (Phi) is 5.77. The lowest BCUT2D eigenvalue weighted by Gasteiger charge is -2.28. The minimum absolute atomic E-state index is 0.0386. The van der Waals surface area contributed by atoms with Crippen molar-refractivity contribution in [3.8, 4) is 5.75 Å². The molecule has 2 unspecified atom stereocenters. The first kappa shape index (κ1) is 16.3. The van der Waals surface area contributed by atoms with Gasteiger partial charge in [0, 0.05) is 12.1 Å². The second-order valence-corrected chi connectivity index (χ2v) is 5.43. The predicted molar refractivity (Wildman–Crippen MR) is 84.9 cm³/mol. The summed E-state index contributed by atoms with van der Waals surface area (Å²) in [6, 6.07) is 7.45. The third kappa shape index (κ3) is 4.46. The Hall–Kier alpha value is -2.08. The zero-order valence-electron chi connectivity index (χ0n) is 13.0. The highest BCUT2D eigenvalue weighted by Crippen LogP contribution is 2.23. The van der Waals surface area contributed by atoms with Crippen LogP contribution in [0.15, 0.2) is 24.3 Å². The molecule has 2 amide bonds. The zero-order valence-corrected chi connectivity index (χ0v) is 13.0. The normalized spacial score (nSPS) is 21.0. The van der Waals surface area contributed by atoms with Crippen LogP contribution in [-0.2, 0) is 9.59 Å². The second kappa shape index (κ2) is 7.79. The van der Waals surface area contributed by atoms with Crippen LogP contribution in [0, 0.1) is 0 Å². The van der Waals surface area contributed by atoms with Crippen LogP contribution < -0.4 is 20.7 Å². The Balaban J connectivity index is 1.92. The largest absolute Gasteiger partial charge is 0.492 e.